The van der Waals surface area contributed by atoms with Crippen molar-refractivity contribution in [2.24, 2.45) is 5.92 Å². The molecule has 3 rings (SSSR count). The van der Waals surface area contributed by atoms with Gasteiger partial charge in [-0.15, -0.1) is 11.8 Å². The molecule has 1 saturated heterocycles. The van der Waals surface area contributed by atoms with Crippen molar-refractivity contribution in [1.82, 2.24) is 14.9 Å². The zero-order chi connectivity index (χ0) is 28.1. The molecule has 0 radical (unpaired) electrons. The van der Waals surface area contributed by atoms with Gasteiger partial charge in [-0.25, -0.2) is 13.2 Å². The summed E-state index contributed by atoms with van der Waals surface area (Å²) in [6.07, 6.45) is 5.40. The van der Waals surface area contributed by atoms with Gasteiger partial charge in [0.1, 0.15) is 0 Å². The number of carbonyl (C=O) groups excluding carboxylic acids is 2. The van der Waals surface area contributed by atoms with Crippen LogP contribution in [0, 0.1) is 5.92 Å². The van der Waals surface area contributed by atoms with Crippen LogP contribution in [0.3, 0.4) is 0 Å². The zero-order valence-corrected chi connectivity index (χ0v) is 23.8. The summed E-state index contributed by atoms with van der Waals surface area (Å²) in [4.78, 5) is 39.8. The zero-order valence-electron chi connectivity index (χ0n) is 20.6. The van der Waals surface area contributed by atoms with Gasteiger partial charge in [-0.2, -0.15) is 4.72 Å². The van der Waals surface area contributed by atoms with Gasteiger partial charge in [0.2, 0.25) is 27.5 Å². The summed E-state index contributed by atoms with van der Waals surface area (Å²) in [6, 6.07) is 10.8. The second-order valence-corrected chi connectivity index (χ2v) is 12.0. The number of hydrogen-bond acceptors (Lipinski definition) is 6. The fourth-order valence-electron chi connectivity index (χ4n) is 3.86. The summed E-state index contributed by atoms with van der Waals surface area (Å²) in [7, 11) is -4.22. The number of halogens is 2. The number of amides is 2. The number of benzene rings is 2. The minimum absolute atomic E-state index is 0.134. The Balaban J connectivity index is 1.61. The molecule has 2 aromatic carbocycles. The van der Waals surface area contributed by atoms with Gasteiger partial charge < -0.3 is 15.3 Å². The number of sulfonamides is 1. The van der Waals surface area contributed by atoms with Gasteiger partial charge in [0.25, 0.3) is 0 Å². The lowest BCUT2D eigenvalue weighted by Gasteiger charge is -2.33. The predicted molar refractivity (Wildman–Crippen MR) is 148 cm³/mol. The molecule has 3 N–H and O–H groups in total. The molecular weight excluding hydrogens is 573 g/mol. The Morgan fingerprint density at radius 1 is 1.08 bits per heavy atom. The second-order valence-electron chi connectivity index (χ2n) is 8.76. The van der Waals surface area contributed by atoms with Crippen LogP contribution in [0.4, 0.5) is 0 Å². The van der Waals surface area contributed by atoms with Gasteiger partial charge in [-0.05, 0) is 55.9 Å². The highest BCUT2D eigenvalue weighted by Gasteiger charge is 2.41. The Hall–Kier alpha value is -2.57. The van der Waals surface area contributed by atoms with Gasteiger partial charge >= 0.3 is 5.97 Å². The number of thioether (sulfide) groups is 1. The molecule has 1 aliphatic rings. The van der Waals surface area contributed by atoms with Crippen molar-refractivity contribution >= 4 is 68.8 Å². The number of carboxylic acids is 1. The van der Waals surface area contributed by atoms with E-state index in [1.807, 2.05) is 12.3 Å². The topological polar surface area (TPSA) is 133 Å². The van der Waals surface area contributed by atoms with Crippen LogP contribution in [0.2, 0.25) is 10.0 Å². The molecule has 0 aromatic heterocycles. The van der Waals surface area contributed by atoms with E-state index in [0.717, 1.165) is 11.8 Å². The van der Waals surface area contributed by atoms with E-state index in [0.29, 0.717) is 15.6 Å². The van der Waals surface area contributed by atoms with Crippen LogP contribution in [0.1, 0.15) is 25.3 Å². The fraction of sp³-hybridized carbons (Fsp3) is 0.320. The smallest absolute Gasteiger partial charge is 0.345 e. The molecule has 2 aromatic rings. The lowest BCUT2D eigenvalue weighted by molar-refractivity contribution is -0.148. The molecule has 0 spiro atoms. The third kappa shape index (κ3) is 7.09. The summed E-state index contributed by atoms with van der Waals surface area (Å²) >= 11 is 14.0. The molecule has 9 nitrogen and oxygen atoms in total. The van der Waals surface area contributed by atoms with Gasteiger partial charge in [0.05, 0.1) is 14.9 Å². The molecular formula is C25H27Cl2N3O6S2. The van der Waals surface area contributed by atoms with Crippen LogP contribution in [0.15, 0.2) is 58.3 Å². The van der Waals surface area contributed by atoms with E-state index in [2.05, 4.69) is 10.0 Å². The van der Waals surface area contributed by atoms with Gasteiger partial charge in [-0.3, -0.25) is 9.59 Å². The van der Waals surface area contributed by atoms with Crippen LogP contribution in [-0.2, 0) is 24.4 Å². The van der Waals surface area contributed by atoms with Crippen molar-refractivity contribution in [3.8, 4) is 0 Å². The maximum absolute atomic E-state index is 12.9. The average Bonchev–Trinajstić information content (AvgIpc) is 2.89. The molecule has 13 heteroatoms. The van der Waals surface area contributed by atoms with Crippen LogP contribution in [0.25, 0.3) is 6.08 Å². The standard InChI is InChI=1S/C25H27Cl2N3O6S2/c1-25(24(33)34,29-38(35,36)18-6-4-3-5-7-18)28-23(32)17-12-14-30(15-13-17)20(31)11-9-16-8-10-19(37-2)22(27)21(16)26/h3-11,17,29H,12-15H2,1-2H3,(H,28,32)(H,33,34). The van der Waals surface area contributed by atoms with Crippen LogP contribution in [-0.4, -0.2) is 61.2 Å². The maximum atomic E-state index is 12.9. The first-order chi connectivity index (χ1) is 17.9. The Kier molecular flexibility index (Phi) is 9.88. The quantitative estimate of drug-likeness (QED) is 0.226. The normalized spacial score (nSPS) is 16.3. The first-order valence-electron chi connectivity index (χ1n) is 11.5. The number of piperidine rings is 1. The van der Waals surface area contributed by atoms with Crippen molar-refractivity contribution in [1.29, 1.82) is 0 Å². The second kappa shape index (κ2) is 12.5. The highest BCUT2D eigenvalue weighted by atomic mass is 35.5. The van der Waals surface area contributed by atoms with E-state index in [-0.39, 0.29) is 36.7 Å². The third-order valence-electron chi connectivity index (χ3n) is 6.07. The Labute approximate surface area is 235 Å². The fourth-order valence-corrected chi connectivity index (χ4v) is 6.34. The predicted octanol–water partition coefficient (Wildman–Crippen LogP) is 3.86. The van der Waals surface area contributed by atoms with Crippen LogP contribution >= 0.6 is 35.0 Å². The number of carbonyl (C=O) groups is 3. The molecule has 0 saturated carbocycles. The van der Waals surface area contributed by atoms with E-state index in [1.165, 1.54) is 42.1 Å². The molecule has 38 heavy (non-hydrogen) atoms. The lowest BCUT2D eigenvalue weighted by Crippen LogP contribution is -2.64. The molecule has 1 aliphatic heterocycles. The van der Waals surface area contributed by atoms with E-state index in [1.54, 1.807) is 23.1 Å². The molecule has 204 valence electrons. The highest BCUT2D eigenvalue weighted by Crippen LogP contribution is 2.35. The first kappa shape index (κ1) is 30.0. The number of carboxylic acid groups (broad SMARTS) is 1. The third-order valence-corrected chi connectivity index (χ3v) is 9.43. The summed E-state index contributed by atoms with van der Waals surface area (Å²) < 4.78 is 27.4. The van der Waals surface area contributed by atoms with Crippen LogP contribution < -0.4 is 10.0 Å². The average molecular weight is 601 g/mol. The molecule has 1 atom stereocenters. The summed E-state index contributed by atoms with van der Waals surface area (Å²) in [6.45, 7) is 1.60. The molecule has 0 bridgehead atoms. The minimum atomic E-state index is -4.22. The lowest BCUT2D eigenvalue weighted by atomic mass is 9.95. The monoisotopic (exact) mass is 599 g/mol. The van der Waals surface area contributed by atoms with Gasteiger partial charge in [0.15, 0.2) is 0 Å². The summed E-state index contributed by atoms with van der Waals surface area (Å²) in [5, 5.41) is 12.8. The SMILES string of the molecule is CSc1ccc(C=CC(=O)N2CCC(C(=O)NC(C)(NS(=O)(=O)c3ccccc3)C(=O)O)CC2)c(Cl)c1Cl. The number of aliphatic carboxylic acids is 1. The largest absolute Gasteiger partial charge is 0.478 e. The molecule has 2 amide bonds. The van der Waals surface area contributed by atoms with E-state index < -0.39 is 33.5 Å². The first-order valence-corrected chi connectivity index (χ1v) is 15.0. The maximum Gasteiger partial charge on any atom is 0.345 e. The Bertz CT molecular complexity index is 1350. The van der Waals surface area contributed by atoms with Crippen molar-refractivity contribution in [2.45, 2.75) is 35.2 Å². The van der Waals surface area contributed by atoms with Crippen LogP contribution in [0.5, 0.6) is 0 Å². The number of nitrogens with zero attached hydrogens (tertiary/aromatic N) is 1. The van der Waals surface area contributed by atoms with E-state index in [4.69, 9.17) is 23.2 Å². The van der Waals surface area contributed by atoms with Crippen molar-refractivity contribution in [2.75, 3.05) is 19.3 Å². The number of rotatable bonds is 9. The van der Waals surface area contributed by atoms with Gasteiger partial charge in [-0.1, -0.05) is 47.5 Å². The van der Waals surface area contributed by atoms with E-state index in [9.17, 15) is 27.9 Å². The summed E-state index contributed by atoms with van der Waals surface area (Å²) in [5.74, 6) is -3.05. The number of likely N-dealkylation sites (tertiary alicyclic amines) is 1. The van der Waals surface area contributed by atoms with Crippen molar-refractivity contribution in [3.05, 3.63) is 64.1 Å². The summed E-state index contributed by atoms with van der Waals surface area (Å²) in [5.41, 5.74) is -1.67. The molecule has 1 heterocycles. The molecule has 1 fully saturated rings. The number of hydrogen-bond donors (Lipinski definition) is 3. The minimum Gasteiger partial charge on any atom is -0.478 e. The van der Waals surface area contributed by atoms with Crippen molar-refractivity contribution in [3.63, 3.8) is 0 Å². The van der Waals surface area contributed by atoms with E-state index >= 15 is 0 Å². The van der Waals surface area contributed by atoms with Crippen molar-refractivity contribution < 1.29 is 27.9 Å². The molecule has 1 unspecified atom stereocenters. The Morgan fingerprint density at radius 2 is 1.71 bits per heavy atom. The van der Waals surface area contributed by atoms with Gasteiger partial charge in [0, 0.05) is 30.0 Å². The molecule has 0 aliphatic carbocycles. The Morgan fingerprint density at radius 3 is 2.29 bits per heavy atom. The number of nitrogens with one attached hydrogen (secondary N) is 2. The highest BCUT2D eigenvalue weighted by molar-refractivity contribution is 7.98.